The second kappa shape index (κ2) is 5.61. The summed E-state index contributed by atoms with van der Waals surface area (Å²) in [5.74, 6) is -0.155. The fourth-order valence-corrected chi connectivity index (χ4v) is 2.56. The van der Waals surface area contributed by atoms with Crippen molar-refractivity contribution in [2.24, 2.45) is 0 Å². The third kappa shape index (κ3) is 2.67. The molecule has 1 saturated heterocycles. The van der Waals surface area contributed by atoms with Crippen LogP contribution in [0.25, 0.3) is 0 Å². The van der Waals surface area contributed by atoms with E-state index < -0.39 is 0 Å². The van der Waals surface area contributed by atoms with Gasteiger partial charge in [0.25, 0.3) is 0 Å². The summed E-state index contributed by atoms with van der Waals surface area (Å²) in [6.45, 7) is 5.51. The summed E-state index contributed by atoms with van der Waals surface area (Å²) in [5.41, 5.74) is 1.69. The standard InChI is InChI=1S/C14H20FNO/c1-3-17-14(12-8-5-9-16-12)13-10(2)6-4-7-11(13)15/h4,6-7,12,14,16H,3,5,8-9H2,1-2H3. The number of ether oxygens (including phenoxy) is 1. The predicted octanol–water partition coefficient (Wildman–Crippen LogP) is 2.96. The first-order valence-corrected chi connectivity index (χ1v) is 6.34. The Morgan fingerprint density at radius 1 is 1.53 bits per heavy atom. The molecule has 0 aliphatic carbocycles. The zero-order valence-electron chi connectivity index (χ0n) is 10.5. The molecule has 0 spiro atoms. The molecule has 2 rings (SSSR count). The Balaban J connectivity index is 2.31. The maximum absolute atomic E-state index is 14.0. The molecule has 3 heteroatoms. The van der Waals surface area contributed by atoms with Gasteiger partial charge < -0.3 is 10.1 Å². The van der Waals surface area contributed by atoms with Gasteiger partial charge >= 0.3 is 0 Å². The van der Waals surface area contributed by atoms with Crippen molar-refractivity contribution in [2.45, 2.75) is 38.8 Å². The fourth-order valence-electron chi connectivity index (χ4n) is 2.56. The normalized spacial score (nSPS) is 21.7. The van der Waals surface area contributed by atoms with Crippen molar-refractivity contribution < 1.29 is 9.13 Å². The number of rotatable bonds is 4. The Morgan fingerprint density at radius 3 is 2.94 bits per heavy atom. The van der Waals surface area contributed by atoms with Gasteiger partial charge in [-0.2, -0.15) is 0 Å². The van der Waals surface area contributed by atoms with E-state index in [0.717, 1.165) is 24.9 Å². The molecule has 2 atom stereocenters. The molecule has 0 saturated carbocycles. The van der Waals surface area contributed by atoms with Gasteiger partial charge in [-0.15, -0.1) is 0 Å². The van der Waals surface area contributed by atoms with Crippen LogP contribution in [0.4, 0.5) is 4.39 Å². The van der Waals surface area contributed by atoms with Crippen LogP contribution in [0.15, 0.2) is 18.2 Å². The molecule has 2 nitrogen and oxygen atoms in total. The molecule has 1 aromatic rings. The van der Waals surface area contributed by atoms with Crippen molar-refractivity contribution in [3.63, 3.8) is 0 Å². The first-order valence-electron chi connectivity index (χ1n) is 6.34. The van der Waals surface area contributed by atoms with E-state index in [0.29, 0.717) is 12.2 Å². The van der Waals surface area contributed by atoms with Gasteiger partial charge in [0.05, 0.1) is 0 Å². The smallest absolute Gasteiger partial charge is 0.129 e. The van der Waals surface area contributed by atoms with Crippen LogP contribution in [0.2, 0.25) is 0 Å². The third-order valence-corrected chi connectivity index (χ3v) is 3.37. The van der Waals surface area contributed by atoms with E-state index in [2.05, 4.69) is 5.32 Å². The summed E-state index contributed by atoms with van der Waals surface area (Å²) < 4.78 is 19.7. The van der Waals surface area contributed by atoms with Gasteiger partial charge in [0.2, 0.25) is 0 Å². The van der Waals surface area contributed by atoms with E-state index in [1.807, 2.05) is 19.9 Å². The van der Waals surface area contributed by atoms with Crippen LogP contribution in [0.3, 0.4) is 0 Å². The van der Waals surface area contributed by atoms with Gasteiger partial charge in [-0.1, -0.05) is 12.1 Å². The molecule has 0 aromatic heterocycles. The number of halogens is 1. The monoisotopic (exact) mass is 237 g/mol. The molecule has 1 aromatic carbocycles. The third-order valence-electron chi connectivity index (χ3n) is 3.37. The average Bonchev–Trinajstić information content (AvgIpc) is 2.80. The summed E-state index contributed by atoms with van der Waals surface area (Å²) >= 11 is 0. The molecule has 1 heterocycles. The Morgan fingerprint density at radius 2 is 2.35 bits per heavy atom. The second-order valence-electron chi connectivity index (χ2n) is 4.55. The van der Waals surface area contributed by atoms with E-state index in [1.165, 1.54) is 6.07 Å². The van der Waals surface area contributed by atoms with Crippen LogP contribution >= 0.6 is 0 Å². The largest absolute Gasteiger partial charge is 0.372 e. The maximum Gasteiger partial charge on any atom is 0.129 e. The van der Waals surface area contributed by atoms with Crippen LogP contribution < -0.4 is 5.32 Å². The van der Waals surface area contributed by atoms with Crippen LogP contribution in [0.5, 0.6) is 0 Å². The zero-order valence-corrected chi connectivity index (χ0v) is 10.5. The Kier molecular flexibility index (Phi) is 4.13. The van der Waals surface area contributed by atoms with Crippen molar-refractivity contribution in [1.29, 1.82) is 0 Å². The lowest BCUT2D eigenvalue weighted by Gasteiger charge is -2.26. The molecular weight excluding hydrogens is 217 g/mol. The van der Waals surface area contributed by atoms with E-state index in [1.54, 1.807) is 6.07 Å². The van der Waals surface area contributed by atoms with Crippen LogP contribution in [-0.2, 0) is 4.74 Å². The molecule has 1 aliphatic rings. The first-order chi connectivity index (χ1) is 8.24. The first kappa shape index (κ1) is 12.5. The quantitative estimate of drug-likeness (QED) is 0.869. The lowest BCUT2D eigenvalue weighted by molar-refractivity contribution is 0.0353. The van der Waals surface area contributed by atoms with Crippen molar-refractivity contribution in [3.05, 3.63) is 35.1 Å². The molecule has 17 heavy (non-hydrogen) atoms. The van der Waals surface area contributed by atoms with Gasteiger partial charge in [0.1, 0.15) is 11.9 Å². The average molecular weight is 237 g/mol. The predicted molar refractivity (Wildman–Crippen MR) is 66.5 cm³/mol. The van der Waals surface area contributed by atoms with E-state index in [-0.39, 0.29) is 18.0 Å². The van der Waals surface area contributed by atoms with Gasteiger partial charge in [-0.3, -0.25) is 0 Å². The van der Waals surface area contributed by atoms with Gasteiger partial charge in [0.15, 0.2) is 0 Å². The van der Waals surface area contributed by atoms with Gasteiger partial charge in [0, 0.05) is 18.2 Å². The highest BCUT2D eigenvalue weighted by molar-refractivity contribution is 5.30. The van der Waals surface area contributed by atoms with Crippen LogP contribution in [-0.4, -0.2) is 19.2 Å². The SMILES string of the molecule is CCOC(c1c(C)cccc1F)C1CCCN1. The second-order valence-corrected chi connectivity index (χ2v) is 4.55. The molecule has 0 bridgehead atoms. The molecule has 1 fully saturated rings. The highest BCUT2D eigenvalue weighted by Gasteiger charge is 2.29. The molecule has 1 N–H and O–H groups in total. The van der Waals surface area contributed by atoms with E-state index in [9.17, 15) is 4.39 Å². The summed E-state index contributed by atoms with van der Waals surface area (Å²) in [6.07, 6.45) is 2.03. The minimum atomic E-state index is -0.163. The Bertz CT molecular complexity index is 354. The minimum Gasteiger partial charge on any atom is -0.372 e. The van der Waals surface area contributed by atoms with Crippen molar-refractivity contribution in [2.75, 3.05) is 13.2 Å². The molecule has 1 aliphatic heterocycles. The van der Waals surface area contributed by atoms with E-state index in [4.69, 9.17) is 4.74 Å². The van der Waals surface area contributed by atoms with Crippen LogP contribution in [0.1, 0.15) is 37.0 Å². The zero-order chi connectivity index (χ0) is 12.3. The van der Waals surface area contributed by atoms with Crippen molar-refractivity contribution in [1.82, 2.24) is 5.32 Å². The van der Waals surface area contributed by atoms with Crippen molar-refractivity contribution >= 4 is 0 Å². The maximum atomic E-state index is 14.0. The highest BCUT2D eigenvalue weighted by atomic mass is 19.1. The topological polar surface area (TPSA) is 21.3 Å². The number of hydrogen-bond acceptors (Lipinski definition) is 2. The Labute approximate surface area is 102 Å². The summed E-state index contributed by atoms with van der Waals surface area (Å²) in [6, 6.07) is 5.45. The molecule has 2 unspecified atom stereocenters. The summed E-state index contributed by atoms with van der Waals surface area (Å²) in [4.78, 5) is 0. The van der Waals surface area contributed by atoms with Gasteiger partial charge in [-0.05, 0) is 44.9 Å². The minimum absolute atomic E-state index is 0.155. The number of nitrogens with one attached hydrogen (secondary N) is 1. The van der Waals surface area contributed by atoms with Crippen molar-refractivity contribution in [3.8, 4) is 0 Å². The lowest BCUT2D eigenvalue weighted by Crippen LogP contribution is -2.31. The van der Waals surface area contributed by atoms with Gasteiger partial charge in [-0.25, -0.2) is 4.39 Å². The van der Waals surface area contributed by atoms with Crippen LogP contribution in [0, 0.1) is 12.7 Å². The number of hydrogen-bond donors (Lipinski definition) is 1. The van der Waals surface area contributed by atoms with E-state index >= 15 is 0 Å². The summed E-state index contributed by atoms with van der Waals surface area (Å²) in [5, 5.41) is 3.40. The molecular formula is C14H20FNO. The molecule has 94 valence electrons. The molecule has 0 amide bonds. The summed E-state index contributed by atoms with van der Waals surface area (Å²) in [7, 11) is 0. The number of benzene rings is 1. The molecule has 0 radical (unpaired) electrons. The number of aryl methyl sites for hydroxylation is 1. The Hall–Kier alpha value is -0.930. The lowest BCUT2D eigenvalue weighted by atomic mass is 9.96. The highest BCUT2D eigenvalue weighted by Crippen LogP contribution is 2.30. The fraction of sp³-hybridized carbons (Fsp3) is 0.571.